The van der Waals surface area contributed by atoms with Crippen LogP contribution in [0.15, 0.2) is 47.1 Å². The molecule has 1 aromatic heterocycles. The van der Waals surface area contributed by atoms with Gasteiger partial charge in [0.25, 0.3) is 5.91 Å². The van der Waals surface area contributed by atoms with E-state index in [0.29, 0.717) is 17.9 Å². The van der Waals surface area contributed by atoms with E-state index in [-0.39, 0.29) is 5.91 Å². The van der Waals surface area contributed by atoms with Gasteiger partial charge in [0.2, 0.25) is 0 Å². The SMILES string of the molecule is CN(Cc1cccc(Br)c1)C(=O)c1cccnc1NN. The fourth-order valence-corrected chi connectivity index (χ4v) is 2.33. The zero-order chi connectivity index (χ0) is 14.5. The number of nitrogen functional groups attached to an aromatic ring is 1. The van der Waals surface area contributed by atoms with E-state index < -0.39 is 0 Å². The lowest BCUT2D eigenvalue weighted by molar-refractivity contribution is 0.0785. The minimum atomic E-state index is -0.133. The second-order valence-corrected chi connectivity index (χ2v) is 5.25. The highest BCUT2D eigenvalue weighted by molar-refractivity contribution is 9.10. The van der Waals surface area contributed by atoms with Gasteiger partial charge in [-0.05, 0) is 29.8 Å². The van der Waals surface area contributed by atoms with E-state index >= 15 is 0 Å². The Kier molecular flexibility index (Phi) is 4.70. The number of halogens is 1. The van der Waals surface area contributed by atoms with Crippen molar-refractivity contribution in [1.82, 2.24) is 9.88 Å². The van der Waals surface area contributed by atoms with E-state index in [0.717, 1.165) is 10.0 Å². The number of nitrogens with one attached hydrogen (secondary N) is 1. The van der Waals surface area contributed by atoms with Crippen molar-refractivity contribution in [3.05, 3.63) is 58.2 Å². The van der Waals surface area contributed by atoms with Gasteiger partial charge < -0.3 is 10.3 Å². The fourth-order valence-electron chi connectivity index (χ4n) is 1.88. The Morgan fingerprint density at radius 3 is 2.90 bits per heavy atom. The number of pyridine rings is 1. The van der Waals surface area contributed by atoms with Gasteiger partial charge in [0, 0.05) is 24.3 Å². The number of nitrogens with zero attached hydrogens (tertiary/aromatic N) is 2. The zero-order valence-corrected chi connectivity index (χ0v) is 12.6. The summed E-state index contributed by atoms with van der Waals surface area (Å²) in [6, 6.07) is 11.2. The number of aromatic nitrogens is 1. The molecule has 0 aliphatic carbocycles. The molecule has 2 aromatic rings. The lowest BCUT2D eigenvalue weighted by Crippen LogP contribution is -2.28. The van der Waals surface area contributed by atoms with E-state index in [1.807, 2.05) is 24.3 Å². The first kappa shape index (κ1) is 14.5. The van der Waals surface area contributed by atoms with Gasteiger partial charge in [-0.3, -0.25) is 4.79 Å². The molecule has 104 valence electrons. The monoisotopic (exact) mass is 334 g/mol. The van der Waals surface area contributed by atoms with Crippen molar-refractivity contribution in [3.63, 3.8) is 0 Å². The summed E-state index contributed by atoms with van der Waals surface area (Å²) in [6.45, 7) is 0.511. The molecule has 3 N–H and O–H groups in total. The van der Waals surface area contributed by atoms with Crippen molar-refractivity contribution in [1.29, 1.82) is 0 Å². The van der Waals surface area contributed by atoms with Gasteiger partial charge >= 0.3 is 0 Å². The molecule has 0 bridgehead atoms. The van der Waals surface area contributed by atoms with Gasteiger partial charge in [-0.1, -0.05) is 28.1 Å². The maximum absolute atomic E-state index is 12.4. The lowest BCUT2D eigenvalue weighted by atomic mass is 10.2. The van der Waals surface area contributed by atoms with Crippen LogP contribution in [0.1, 0.15) is 15.9 Å². The second kappa shape index (κ2) is 6.49. The molecule has 20 heavy (non-hydrogen) atoms. The second-order valence-electron chi connectivity index (χ2n) is 4.34. The van der Waals surface area contributed by atoms with E-state index in [1.165, 1.54) is 0 Å². The minimum Gasteiger partial charge on any atom is -0.337 e. The molecule has 5 nitrogen and oxygen atoms in total. The normalized spacial score (nSPS) is 10.2. The quantitative estimate of drug-likeness (QED) is 0.665. The molecule has 0 saturated heterocycles. The standard InChI is InChI=1S/C14H15BrN4O/c1-19(9-10-4-2-5-11(15)8-10)14(20)12-6-3-7-17-13(12)18-16/h2-8H,9,16H2,1H3,(H,17,18). The number of benzene rings is 1. The topological polar surface area (TPSA) is 71.2 Å². The van der Waals surface area contributed by atoms with E-state index in [9.17, 15) is 4.79 Å². The molecule has 0 unspecified atom stereocenters. The Hall–Kier alpha value is -1.92. The first-order chi connectivity index (χ1) is 9.61. The molecule has 2 rings (SSSR count). The number of carbonyl (C=O) groups excluding carboxylic acids is 1. The third kappa shape index (κ3) is 3.34. The van der Waals surface area contributed by atoms with Crippen LogP contribution in [-0.4, -0.2) is 22.8 Å². The summed E-state index contributed by atoms with van der Waals surface area (Å²) in [4.78, 5) is 18.0. The summed E-state index contributed by atoms with van der Waals surface area (Å²) in [6.07, 6.45) is 1.58. The van der Waals surface area contributed by atoms with Crippen LogP contribution >= 0.6 is 15.9 Å². The number of rotatable bonds is 4. The number of nitrogens with two attached hydrogens (primary N) is 1. The van der Waals surface area contributed by atoms with Crippen molar-refractivity contribution >= 4 is 27.7 Å². The van der Waals surface area contributed by atoms with Crippen LogP contribution in [0.3, 0.4) is 0 Å². The third-order valence-corrected chi connectivity index (χ3v) is 3.32. The smallest absolute Gasteiger partial charge is 0.257 e. The largest absolute Gasteiger partial charge is 0.337 e. The van der Waals surface area contributed by atoms with E-state index in [4.69, 9.17) is 5.84 Å². The highest BCUT2D eigenvalue weighted by Gasteiger charge is 2.16. The van der Waals surface area contributed by atoms with Crippen molar-refractivity contribution in [2.45, 2.75) is 6.54 Å². The Labute approximate surface area is 125 Å². The first-order valence-corrected chi connectivity index (χ1v) is 6.82. The Balaban J connectivity index is 2.16. The van der Waals surface area contributed by atoms with Crippen molar-refractivity contribution < 1.29 is 4.79 Å². The summed E-state index contributed by atoms with van der Waals surface area (Å²) in [5, 5.41) is 0. The van der Waals surface area contributed by atoms with Gasteiger partial charge in [-0.2, -0.15) is 0 Å². The van der Waals surface area contributed by atoms with Gasteiger partial charge in [0.05, 0.1) is 5.56 Å². The van der Waals surface area contributed by atoms with E-state index in [1.54, 1.807) is 30.3 Å². The number of amides is 1. The number of hydrogen-bond donors (Lipinski definition) is 2. The number of hydrazine groups is 1. The van der Waals surface area contributed by atoms with Crippen molar-refractivity contribution in [3.8, 4) is 0 Å². The van der Waals surface area contributed by atoms with Gasteiger partial charge in [0.1, 0.15) is 0 Å². The molecule has 1 heterocycles. The highest BCUT2D eigenvalue weighted by Crippen LogP contribution is 2.16. The summed E-state index contributed by atoms with van der Waals surface area (Å²) in [5.41, 5.74) is 3.93. The molecular formula is C14H15BrN4O. The average molecular weight is 335 g/mol. The average Bonchev–Trinajstić information content (AvgIpc) is 2.46. The predicted octanol–water partition coefficient (Wildman–Crippen LogP) is 2.40. The molecule has 0 radical (unpaired) electrons. The Morgan fingerprint density at radius 2 is 2.20 bits per heavy atom. The predicted molar refractivity (Wildman–Crippen MR) is 82.0 cm³/mol. The van der Waals surface area contributed by atoms with Crippen molar-refractivity contribution in [2.24, 2.45) is 5.84 Å². The molecule has 0 saturated carbocycles. The molecule has 0 spiro atoms. The zero-order valence-electron chi connectivity index (χ0n) is 11.0. The number of hydrogen-bond acceptors (Lipinski definition) is 4. The molecule has 0 aliphatic heterocycles. The van der Waals surface area contributed by atoms with E-state index in [2.05, 4.69) is 26.3 Å². The highest BCUT2D eigenvalue weighted by atomic mass is 79.9. The number of anilines is 1. The lowest BCUT2D eigenvalue weighted by Gasteiger charge is -2.18. The third-order valence-electron chi connectivity index (χ3n) is 2.83. The van der Waals surface area contributed by atoms with Crippen molar-refractivity contribution in [2.75, 3.05) is 12.5 Å². The molecule has 0 aliphatic rings. The van der Waals surface area contributed by atoms with Crippen LogP contribution in [0.25, 0.3) is 0 Å². The molecular weight excluding hydrogens is 320 g/mol. The summed E-state index contributed by atoms with van der Waals surface area (Å²) >= 11 is 3.42. The van der Waals surface area contributed by atoms with Crippen LogP contribution in [0, 0.1) is 0 Å². The molecule has 0 fully saturated rings. The van der Waals surface area contributed by atoms with Crippen LogP contribution in [0.5, 0.6) is 0 Å². The van der Waals surface area contributed by atoms with Crippen LogP contribution in [-0.2, 0) is 6.54 Å². The summed E-state index contributed by atoms with van der Waals surface area (Å²) in [7, 11) is 1.75. The molecule has 1 aromatic carbocycles. The fraction of sp³-hybridized carbons (Fsp3) is 0.143. The van der Waals surface area contributed by atoms with Crippen LogP contribution in [0.4, 0.5) is 5.82 Å². The Bertz CT molecular complexity index is 618. The van der Waals surface area contributed by atoms with Gasteiger partial charge in [0.15, 0.2) is 5.82 Å². The maximum atomic E-state index is 12.4. The first-order valence-electron chi connectivity index (χ1n) is 6.03. The molecule has 0 atom stereocenters. The molecule has 1 amide bonds. The minimum absolute atomic E-state index is 0.133. The Morgan fingerprint density at radius 1 is 1.40 bits per heavy atom. The number of carbonyl (C=O) groups is 1. The van der Waals surface area contributed by atoms with Gasteiger partial charge in [-0.15, -0.1) is 0 Å². The molecule has 6 heteroatoms. The van der Waals surface area contributed by atoms with Crippen LogP contribution in [0.2, 0.25) is 0 Å². The summed E-state index contributed by atoms with van der Waals surface area (Å²) in [5.74, 6) is 5.61. The maximum Gasteiger partial charge on any atom is 0.257 e. The summed E-state index contributed by atoms with van der Waals surface area (Å²) < 4.78 is 0.988. The van der Waals surface area contributed by atoms with Crippen LogP contribution < -0.4 is 11.3 Å². The van der Waals surface area contributed by atoms with Gasteiger partial charge in [-0.25, -0.2) is 10.8 Å².